The van der Waals surface area contributed by atoms with Gasteiger partial charge in [0.2, 0.25) is 0 Å². The highest BCUT2D eigenvalue weighted by Crippen LogP contribution is 2.25. The Bertz CT molecular complexity index is 696. The van der Waals surface area contributed by atoms with Crippen LogP contribution >= 0.6 is 0 Å². The van der Waals surface area contributed by atoms with Crippen molar-refractivity contribution in [2.75, 3.05) is 6.61 Å². The van der Waals surface area contributed by atoms with Crippen LogP contribution in [0.3, 0.4) is 0 Å². The van der Waals surface area contributed by atoms with E-state index < -0.39 is 5.97 Å². The van der Waals surface area contributed by atoms with Crippen LogP contribution in [0.5, 0.6) is 0 Å². The number of hydrogen-bond acceptors (Lipinski definition) is 5. The normalized spacial score (nSPS) is 10.9. The van der Waals surface area contributed by atoms with E-state index in [1.807, 2.05) is 32.9 Å². The fourth-order valence-corrected chi connectivity index (χ4v) is 2.35. The van der Waals surface area contributed by atoms with Crippen molar-refractivity contribution in [3.63, 3.8) is 0 Å². The number of carbonyl (C=O) groups is 2. The zero-order chi connectivity index (χ0) is 17.6. The van der Waals surface area contributed by atoms with Crippen molar-refractivity contribution < 1.29 is 19.1 Å². The highest BCUT2D eigenvalue weighted by atomic mass is 16.5. The Labute approximate surface area is 136 Å². The molecule has 1 rings (SSSR count). The molecule has 1 aromatic rings. The first-order chi connectivity index (χ1) is 10.8. The molecule has 0 aliphatic heterocycles. The Morgan fingerprint density at radius 3 is 2.39 bits per heavy atom. The average molecular weight is 315 g/mol. The van der Waals surface area contributed by atoms with Gasteiger partial charge in [0.25, 0.3) is 0 Å². The summed E-state index contributed by atoms with van der Waals surface area (Å²) in [6.07, 6.45) is 1.53. The third-order valence-corrected chi connectivity index (χ3v) is 3.51. The van der Waals surface area contributed by atoms with Gasteiger partial charge in [-0.15, -0.1) is 0 Å². The van der Waals surface area contributed by atoms with Crippen LogP contribution in [0.2, 0.25) is 0 Å². The molecule has 0 heterocycles. The standard InChI is InChI=1S/C18H21NO4/c1-6-22-18(21)15(9-19)8-16-11(2)7-12(3)17(13(16)4)10-23-14(5)20/h7-8H,6,10H2,1-5H3/b15-8-. The van der Waals surface area contributed by atoms with Gasteiger partial charge >= 0.3 is 11.9 Å². The van der Waals surface area contributed by atoms with Crippen LogP contribution in [0.15, 0.2) is 11.6 Å². The lowest BCUT2D eigenvalue weighted by Gasteiger charge is -2.15. The molecule has 5 nitrogen and oxygen atoms in total. The first kappa shape index (κ1) is 18.4. The Morgan fingerprint density at radius 2 is 1.87 bits per heavy atom. The first-order valence-electron chi connectivity index (χ1n) is 7.33. The van der Waals surface area contributed by atoms with Gasteiger partial charge in [0.15, 0.2) is 0 Å². The predicted octanol–water partition coefficient (Wildman–Crippen LogP) is 3.15. The summed E-state index contributed by atoms with van der Waals surface area (Å²) in [5, 5.41) is 9.18. The number of aryl methyl sites for hydroxylation is 2. The summed E-state index contributed by atoms with van der Waals surface area (Å²) in [4.78, 5) is 22.8. The number of rotatable bonds is 5. The zero-order valence-corrected chi connectivity index (χ0v) is 14.1. The summed E-state index contributed by atoms with van der Waals surface area (Å²) >= 11 is 0. The van der Waals surface area contributed by atoms with Gasteiger partial charge in [0.05, 0.1) is 6.61 Å². The molecule has 0 aliphatic rings. The molecule has 122 valence electrons. The molecule has 0 atom stereocenters. The van der Waals surface area contributed by atoms with Gasteiger partial charge < -0.3 is 9.47 Å². The monoisotopic (exact) mass is 315 g/mol. The number of hydrogen-bond donors (Lipinski definition) is 0. The number of nitrogens with zero attached hydrogens (tertiary/aromatic N) is 1. The maximum Gasteiger partial charge on any atom is 0.348 e. The van der Waals surface area contributed by atoms with Gasteiger partial charge in [0, 0.05) is 6.92 Å². The minimum absolute atomic E-state index is 0.0552. The molecule has 0 aromatic heterocycles. The molecule has 0 unspecified atom stereocenters. The molecule has 0 aliphatic carbocycles. The van der Waals surface area contributed by atoms with Crippen LogP contribution in [0.1, 0.15) is 41.7 Å². The van der Waals surface area contributed by atoms with E-state index in [9.17, 15) is 14.9 Å². The van der Waals surface area contributed by atoms with Crippen molar-refractivity contribution in [2.24, 2.45) is 0 Å². The van der Waals surface area contributed by atoms with E-state index in [2.05, 4.69) is 0 Å². The van der Waals surface area contributed by atoms with Crippen LogP contribution in [0, 0.1) is 32.1 Å². The highest BCUT2D eigenvalue weighted by Gasteiger charge is 2.15. The summed E-state index contributed by atoms with van der Waals surface area (Å²) in [7, 11) is 0. The summed E-state index contributed by atoms with van der Waals surface area (Å²) in [6.45, 7) is 9.13. The first-order valence-corrected chi connectivity index (χ1v) is 7.33. The molecule has 0 radical (unpaired) electrons. The van der Waals surface area contributed by atoms with Crippen molar-refractivity contribution in [1.82, 2.24) is 0 Å². The molecular formula is C18H21NO4. The second-order valence-corrected chi connectivity index (χ2v) is 5.20. The largest absolute Gasteiger partial charge is 0.462 e. The lowest BCUT2D eigenvalue weighted by atomic mass is 9.92. The average Bonchev–Trinajstić information content (AvgIpc) is 2.46. The van der Waals surface area contributed by atoms with Gasteiger partial charge in [0.1, 0.15) is 18.2 Å². The Balaban J connectivity index is 3.36. The molecule has 5 heteroatoms. The molecule has 0 N–H and O–H groups in total. The van der Waals surface area contributed by atoms with Gasteiger partial charge in [-0.05, 0) is 61.6 Å². The van der Waals surface area contributed by atoms with Crippen molar-refractivity contribution in [2.45, 2.75) is 41.2 Å². The quantitative estimate of drug-likeness (QED) is 0.474. The lowest BCUT2D eigenvalue weighted by molar-refractivity contribution is -0.142. The van der Waals surface area contributed by atoms with Crippen LogP contribution in [-0.2, 0) is 25.7 Å². The van der Waals surface area contributed by atoms with Crippen LogP contribution in [0.4, 0.5) is 0 Å². The van der Waals surface area contributed by atoms with E-state index in [1.165, 1.54) is 13.0 Å². The topological polar surface area (TPSA) is 76.4 Å². The number of benzene rings is 1. The van der Waals surface area contributed by atoms with E-state index in [-0.39, 0.29) is 24.8 Å². The van der Waals surface area contributed by atoms with Gasteiger partial charge in [-0.3, -0.25) is 4.79 Å². The van der Waals surface area contributed by atoms with E-state index in [4.69, 9.17) is 9.47 Å². The number of ether oxygens (including phenoxy) is 2. The zero-order valence-electron chi connectivity index (χ0n) is 14.1. The van der Waals surface area contributed by atoms with E-state index in [1.54, 1.807) is 6.92 Å². The Hall–Kier alpha value is -2.61. The third-order valence-electron chi connectivity index (χ3n) is 3.51. The molecule has 0 bridgehead atoms. The summed E-state index contributed by atoms with van der Waals surface area (Å²) < 4.78 is 9.97. The second kappa shape index (κ2) is 8.14. The minimum atomic E-state index is -0.643. The molecule has 0 fully saturated rings. The lowest BCUT2D eigenvalue weighted by Crippen LogP contribution is -2.08. The second-order valence-electron chi connectivity index (χ2n) is 5.20. The van der Waals surface area contributed by atoms with E-state index >= 15 is 0 Å². The van der Waals surface area contributed by atoms with Crippen molar-refractivity contribution in [3.05, 3.63) is 39.5 Å². The summed E-state index contributed by atoms with van der Waals surface area (Å²) in [5.74, 6) is -0.999. The maximum atomic E-state index is 11.8. The van der Waals surface area contributed by atoms with Crippen molar-refractivity contribution in [1.29, 1.82) is 5.26 Å². The summed E-state index contributed by atoms with van der Waals surface area (Å²) in [6, 6.07) is 3.82. The maximum absolute atomic E-state index is 11.8. The molecule has 0 spiro atoms. The minimum Gasteiger partial charge on any atom is -0.462 e. The number of esters is 2. The third kappa shape index (κ3) is 4.68. The van der Waals surface area contributed by atoms with Crippen LogP contribution in [-0.4, -0.2) is 18.5 Å². The molecule has 0 saturated carbocycles. The van der Waals surface area contributed by atoms with Crippen molar-refractivity contribution in [3.8, 4) is 6.07 Å². The fourth-order valence-electron chi connectivity index (χ4n) is 2.35. The van der Waals surface area contributed by atoms with Crippen molar-refractivity contribution >= 4 is 18.0 Å². The molecule has 0 amide bonds. The van der Waals surface area contributed by atoms with E-state index in [0.29, 0.717) is 0 Å². The smallest absolute Gasteiger partial charge is 0.348 e. The van der Waals surface area contributed by atoms with Gasteiger partial charge in [-0.25, -0.2) is 4.79 Å². The van der Waals surface area contributed by atoms with Crippen LogP contribution < -0.4 is 0 Å². The Morgan fingerprint density at radius 1 is 1.22 bits per heavy atom. The summed E-state index contributed by atoms with van der Waals surface area (Å²) in [5.41, 5.74) is 4.39. The fraction of sp³-hybridized carbons (Fsp3) is 0.389. The molecular weight excluding hydrogens is 294 g/mol. The van der Waals surface area contributed by atoms with Crippen LogP contribution in [0.25, 0.3) is 6.08 Å². The highest BCUT2D eigenvalue weighted by molar-refractivity contribution is 5.98. The number of nitriles is 1. The van der Waals surface area contributed by atoms with Gasteiger partial charge in [-0.1, -0.05) is 6.07 Å². The Kier molecular flexibility index (Phi) is 6.52. The van der Waals surface area contributed by atoms with E-state index in [0.717, 1.165) is 27.8 Å². The molecule has 0 saturated heterocycles. The predicted molar refractivity (Wildman–Crippen MR) is 86.3 cm³/mol. The number of carbonyl (C=O) groups excluding carboxylic acids is 2. The van der Waals surface area contributed by atoms with Gasteiger partial charge in [-0.2, -0.15) is 5.26 Å². The SMILES string of the molecule is CCOC(=O)/C(C#N)=C\c1c(C)cc(C)c(COC(C)=O)c1C. The molecule has 1 aromatic carbocycles. The molecule has 23 heavy (non-hydrogen) atoms.